The second-order valence-corrected chi connectivity index (χ2v) is 7.90. The van der Waals surface area contributed by atoms with Crippen molar-refractivity contribution in [1.29, 1.82) is 0 Å². The SMILES string of the molecule is COc1cc(=O)n(-c2ccc(C)cc2)nc1C(=O)N1CCC[C@@H]2CCCC[C@H]21. The van der Waals surface area contributed by atoms with Crippen LogP contribution in [-0.4, -0.2) is 40.3 Å². The number of nitrogens with zero attached hydrogens (tertiary/aromatic N) is 3. The highest BCUT2D eigenvalue weighted by Gasteiger charge is 2.37. The molecule has 28 heavy (non-hydrogen) atoms. The summed E-state index contributed by atoms with van der Waals surface area (Å²) in [6.45, 7) is 2.73. The molecule has 0 unspecified atom stereocenters. The highest BCUT2D eigenvalue weighted by atomic mass is 16.5. The molecule has 2 heterocycles. The van der Waals surface area contributed by atoms with Crippen LogP contribution in [0.15, 0.2) is 35.1 Å². The van der Waals surface area contributed by atoms with E-state index >= 15 is 0 Å². The number of hydrogen-bond acceptors (Lipinski definition) is 4. The summed E-state index contributed by atoms with van der Waals surface area (Å²) in [5.41, 5.74) is 1.64. The van der Waals surface area contributed by atoms with Gasteiger partial charge >= 0.3 is 0 Å². The Balaban J connectivity index is 1.73. The molecule has 1 aromatic carbocycles. The fraction of sp³-hybridized carbons (Fsp3) is 0.500. The van der Waals surface area contributed by atoms with Crippen LogP contribution in [-0.2, 0) is 0 Å². The van der Waals surface area contributed by atoms with Crippen LogP contribution >= 0.6 is 0 Å². The Hall–Kier alpha value is -2.63. The van der Waals surface area contributed by atoms with Gasteiger partial charge < -0.3 is 9.64 Å². The Morgan fingerprint density at radius 1 is 1.11 bits per heavy atom. The lowest BCUT2D eigenvalue weighted by Gasteiger charge is -2.44. The number of likely N-dealkylation sites (tertiary alicyclic amines) is 1. The maximum Gasteiger partial charge on any atom is 0.278 e. The molecule has 0 N–H and O–H groups in total. The largest absolute Gasteiger partial charge is 0.494 e. The van der Waals surface area contributed by atoms with Gasteiger partial charge in [-0.05, 0) is 50.7 Å². The fourth-order valence-electron chi connectivity index (χ4n) is 4.63. The third kappa shape index (κ3) is 3.43. The number of carbonyl (C=O) groups is 1. The average Bonchev–Trinajstić information content (AvgIpc) is 2.73. The van der Waals surface area contributed by atoms with Gasteiger partial charge in [0.15, 0.2) is 11.4 Å². The summed E-state index contributed by atoms with van der Waals surface area (Å²) in [6.07, 6.45) is 6.88. The molecule has 6 heteroatoms. The molecular weight excluding hydrogens is 354 g/mol. The van der Waals surface area contributed by atoms with E-state index in [9.17, 15) is 9.59 Å². The van der Waals surface area contributed by atoms with Gasteiger partial charge in [0.25, 0.3) is 11.5 Å². The fourth-order valence-corrected chi connectivity index (χ4v) is 4.63. The smallest absolute Gasteiger partial charge is 0.278 e. The summed E-state index contributed by atoms with van der Waals surface area (Å²) in [4.78, 5) is 28.0. The first kappa shape index (κ1) is 18.7. The monoisotopic (exact) mass is 381 g/mol. The number of amides is 1. The van der Waals surface area contributed by atoms with E-state index in [1.807, 2.05) is 36.1 Å². The third-order valence-corrected chi connectivity index (χ3v) is 6.10. The van der Waals surface area contributed by atoms with Crippen molar-refractivity contribution >= 4 is 5.91 Å². The lowest BCUT2D eigenvalue weighted by atomic mass is 9.78. The molecule has 2 aliphatic rings. The quantitative estimate of drug-likeness (QED) is 0.818. The minimum atomic E-state index is -0.313. The van der Waals surface area contributed by atoms with E-state index in [2.05, 4.69) is 5.10 Å². The first-order valence-corrected chi connectivity index (χ1v) is 10.1. The molecule has 1 amide bonds. The van der Waals surface area contributed by atoms with Crippen LogP contribution in [0.2, 0.25) is 0 Å². The molecule has 2 fully saturated rings. The lowest BCUT2D eigenvalue weighted by molar-refractivity contribution is 0.0380. The van der Waals surface area contributed by atoms with E-state index in [-0.39, 0.29) is 29.0 Å². The number of methoxy groups -OCH3 is 1. The predicted molar refractivity (Wildman–Crippen MR) is 107 cm³/mol. The summed E-state index contributed by atoms with van der Waals surface area (Å²) < 4.78 is 6.65. The standard InChI is InChI=1S/C22H27N3O3/c1-15-9-11-17(12-10-15)25-20(26)14-19(28-2)21(23-25)22(27)24-13-5-7-16-6-3-4-8-18(16)24/h9-12,14,16,18H,3-8,13H2,1-2H3/t16-,18+/m0/s1. The number of hydrogen-bond donors (Lipinski definition) is 0. The zero-order valence-corrected chi connectivity index (χ0v) is 16.6. The van der Waals surface area contributed by atoms with Crippen molar-refractivity contribution in [3.05, 3.63) is 51.9 Å². The van der Waals surface area contributed by atoms with Crippen molar-refractivity contribution in [2.24, 2.45) is 5.92 Å². The minimum absolute atomic E-state index is 0.130. The number of rotatable bonds is 3. The van der Waals surface area contributed by atoms with Gasteiger partial charge in [-0.25, -0.2) is 0 Å². The molecule has 1 aliphatic heterocycles. The zero-order chi connectivity index (χ0) is 19.7. The Bertz CT molecular complexity index is 918. The van der Waals surface area contributed by atoms with E-state index < -0.39 is 0 Å². The van der Waals surface area contributed by atoms with Gasteiger partial charge in [0, 0.05) is 12.6 Å². The molecule has 2 atom stereocenters. The second-order valence-electron chi connectivity index (χ2n) is 7.90. The molecule has 1 saturated carbocycles. The number of carbonyl (C=O) groups excluding carboxylic acids is 1. The predicted octanol–water partition coefficient (Wildman–Crippen LogP) is 3.34. The van der Waals surface area contributed by atoms with Crippen molar-refractivity contribution in [2.45, 2.75) is 51.5 Å². The molecule has 1 aromatic heterocycles. The van der Waals surface area contributed by atoms with Crippen molar-refractivity contribution in [1.82, 2.24) is 14.7 Å². The number of aryl methyl sites for hydroxylation is 1. The molecular formula is C22H27N3O3. The number of fused-ring (bicyclic) bond motifs is 1. The number of aromatic nitrogens is 2. The first-order chi connectivity index (χ1) is 13.6. The van der Waals surface area contributed by atoms with Gasteiger partial charge in [-0.15, -0.1) is 0 Å². The minimum Gasteiger partial charge on any atom is -0.494 e. The average molecular weight is 381 g/mol. The summed E-state index contributed by atoms with van der Waals surface area (Å²) >= 11 is 0. The van der Waals surface area contributed by atoms with Crippen molar-refractivity contribution < 1.29 is 9.53 Å². The van der Waals surface area contributed by atoms with Crippen LogP contribution in [0, 0.1) is 12.8 Å². The molecule has 6 nitrogen and oxygen atoms in total. The summed E-state index contributed by atoms with van der Waals surface area (Å²) in [5.74, 6) is 0.700. The van der Waals surface area contributed by atoms with Crippen molar-refractivity contribution in [3.8, 4) is 11.4 Å². The molecule has 0 radical (unpaired) electrons. The highest BCUT2D eigenvalue weighted by Crippen LogP contribution is 2.36. The van der Waals surface area contributed by atoms with Crippen LogP contribution in [0.3, 0.4) is 0 Å². The summed E-state index contributed by atoms with van der Waals surface area (Å²) in [7, 11) is 1.48. The number of benzene rings is 1. The van der Waals surface area contributed by atoms with E-state index in [4.69, 9.17) is 4.74 Å². The summed E-state index contributed by atoms with van der Waals surface area (Å²) in [6, 6.07) is 9.16. The van der Waals surface area contributed by atoms with Crippen LogP contribution in [0.5, 0.6) is 5.75 Å². The van der Waals surface area contributed by atoms with Gasteiger partial charge in [-0.2, -0.15) is 9.78 Å². The first-order valence-electron chi connectivity index (χ1n) is 10.1. The zero-order valence-electron chi connectivity index (χ0n) is 16.6. The van der Waals surface area contributed by atoms with E-state index in [0.29, 0.717) is 11.6 Å². The Morgan fingerprint density at radius 2 is 1.82 bits per heavy atom. The van der Waals surface area contributed by atoms with Crippen LogP contribution < -0.4 is 10.3 Å². The molecule has 1 aliphatic carbocycles. The van der Waals surface area contributed by atoms with Crippen molar-refractivity contribution in [3.63, 3.8) is 0 Å². The maximum atomic E-state index is 13.5. The normalized spacial score (nSPS) is 21.9. The van der Waals surface area contributed by atoms with E-state index in [0.717, 1.165) is 24.9 Å². The lowest BCUT2D eigenvalue weighted by Crippen LogP contribution is -2.50. The van der Waals surface area contributed by atoms with Gasteiger partial charge in [0.2, 0.25) is 0 Å². The summed E-state index contributed by atoms with van der Waals surface area (Å²) in [5, 5.41) is 4.44. The Morgan fingerprint density at radius 3 is 2.57 bits per heavy atom. The van der Waals surface area contributed by atoms with E-state index in [1.165, 1.54) is 43.5 Å². The topological polar surface area (TPSA) is 64.4 Å². The Kier molecular flexibility index (Phi) is 5.20. The molecule has 1 saturated heterocycles. The molecule has 148 valence electrons. The molecule has 4 rings (SSSR count). The van der Waals surface area contributed by atoms with Crippen LogP contribution in [0.25, 0.3) is 5.69 Å². The number of ether oxygens (including phenoxy) is 1. The highest BCUT2D eigenvalue weighted by molar-refractivity contribution is 5.95. The van der Waals surface area contributed by atoms with Crippen molar-refractivity contribution in [2.75, 3.05) is 13.7 Å². The Labute approximate surface area is 165 Å². The van der Waals surface area contributed by atoms with Gasteiger partial charge in [0.05, 0.1) is 18.9 Å². The van der Waals surface area contributed by atoms with Crippen LogP contribution in [0.4, 0.5) is 0 Å². The molecule has 2 aromatic rings. The van der Waals surface area contributed by atoms with Crippen LogP contribution in [0.1, 0.15) is 54.6 Å². The molecule has 0 bridgehead atoms. The second kappa shape index (κ2) is 7.78. The van der Waals surface area contributed by atoms with Gasteiger partial charge in [-0.3, -0.25) is 9.59 Å². The molecule has 0 spiro atoms. The number of piperidine rings is 1. The third-order valence-electron chi connectivity index (χ3n) is 6.10. The van der Waals surface area contributed by atoms with E-state index in [1.54, 1.807) is 0 Å². The van der Waals surface area contributed by atoms with Gasteiger partial charge in [-0.1, -0.05) is 30.5 Å². The maximum absolute atomic E-state index is 13.5. The van der Waals surface area contributed by atoms with Gasteiger partial charge in [0.1, 0.15) is 0 Å².